The van der Waals surface area contributed by atoms with E-state index in [0.29, 0.717) is 23.9 Å². The van der Waals surface area contributed by atoms with Crippen LogP contribution in [0, 0.1) is 6.92 Å². The van der Waals surface area contributed by atoms with Crippen molar-refractivity contribution in [2.45, 2.75) is 20.4 Å². The molecule has 0 saturated heterocycles. The van der Waals surface area contributed by atoms with Crippen molar-refractivity contribution >= 4 is 23.2 Å². The van der Waals surface area contributed by atoms with Gasteiger partial charge in [-0.25, -0.2) is 4.98 Å². The first-order chi connectivity index (χ1) is 11.6. The molecule has 122 valence electrons. The highest BCUT2D eigenvalue weighted by molar-refractivity contribution is 5.95. The number of Topliss-reactive ketones (excluding diaryl/α,β-unsaturated/α-hetero) is 1. The van der Waals surface area contributed by atoms with E-state index >= 15 is 0 Å². The molecule has 2 heterocycles. The summed E-state index contributed by atoms with van der Waals surface area (Å²) in [5.41, 5.74) is 2.24. The molecule has 24 heavy (non-hydrogen) atoms. The number of nitrogens with one attached hydrogen (secondary N) is 2. The average molecular weight is 322 g/mol. The largest absolute Gasteiger partial charge is 0.467 e. The maximum atomic E-state index is 11.5. The number of carbonyl (C=O) groups excluding carboxylic acids is 1. The lowest BCUT2D eigenvalue weighted by molar-refractivity contribution is 0.101. The Morgan fingerprint density at radius 2 is 2.04 bits per heavy atom. The third kappa shape index (κ3) is 3.98. The highest BCUT2D eigenvalue weighted by Gasteiger charge is 2.05. The Labute approximate surface area is 140 Å². The fourth-order valence-corrected chi connectivity index (χ4v) is 2.25. The van der Waals surface area contributed by atoms with Crippen LogP contribution in [0.5, 0.6) is 0 Å². The Hall–Kier alpha value is -3.15. The summed E-state index contributed by atoms with van der Waals surface area (Å²) < 4.78 is 5.29. The van der Waals surface area contributed by atoms with Crippen molar-refractivity contribution in [3.8, 4) is 0 Å². The molecule has 0 aliphatic carbocycles. The molecule has 0 unspecified atom stereocenters. The van der Waals surface area contributed by atoms with E-state index in [2.05, 4.69) is 20.6 Å². The predicted octanol–water partition coefficient (Wildman–Crippen LogP) is 3.94. The van der Waals surface area contributed by atoms with Gasteiger partial charge < -0.3 is 15.1 Å². The van der Waals surface area contributed by atoms with Gasteiger partial charge in [0.1, 0.15) is 11.6 Å². The smallest absolute Gasteiger partial charge is 0.229 e. The molecular formula is C18H18N4O2. The lowest BCUT2D eigenvalue weighted by Crippen LogP contribution is -2.05. The van der Waals surface area contributed by atoms with Gasteiger partial charge in [0, 0.05) is 23.0 Å². The molecule has 6 nitrogen and oxygen atoms in total. The second-order valence-corrected chi connectivity index (χ2v) is 5.41. The number of aryl methyl sites for hydroxylation is 1. The molecule has 0 radical (unpaired) electrons. The molecule has 0 atom stereocenters. The van der Waals surface area contributed by atoms with Crippen molar-refractivity contribution in [3.05, 3.63) is 65.7 Å². The molecular weight excluding hydrogens is 304 g/mol. The van der Waals surface area contributed by atoms with Gasteiger partial charge >= 0.3 is 0 Å². The molecule has 0 aliphatic heterocycles. The molecule has 2 aromatic heterocycles. The van der Waals surface area contributed by atoms with Crippen LogP contribution in [-0.2, 0) is 6.54 Å². The molecule has 0 spiro atoms. The third-order valence-electron chi connectivity index (χ3n) is 3.40. The number of anilines is 3. The van der Waals surface area contributed by atoms with E-state index in [9.17, 15) is 4.79 Å². The lowest BCUT2D eigenvalue weighted by Gasteiger charge is -2.10. The Morgan fingerprint density at radius 3 is 2.79 bits per heavy atom. The number of rotatable bonds is 6. The number of nitrogens with zero attached hydrogens (tertiary/aromatic N) is 2. The maximum absolute atomic E-state index is 11.5. The highest BCUT2D eigenvalue weighted by Crippen LogP contribution is 2.18. The summed E-state index contributed by atoms with van der Waals surface area (Å²) in [7, 11) is 0. The summed E-state index contributed by atoms with van der Waals surface area (Å²) in [6.45, 7) is 3.98. The van der Waals surface area contributed by atoms with Crippen LogP contribution < -0.4 is 10.6 Å². The standard InChI is InChI=1S/C18H18N4O2/c1-12-9-17(19-11-16-7-4-8-24-16)22-18(20-12)21-15-6-3-5-14(10-15)13(2)23/h3-10H,11H2,1-2H3,(H2,19,20,21,22). The zero-order chi connectivity index (χ0) is 16.9. The van der Waals surface area contributed by atoms with Crippen LogP contribution in [0.2, 0.25) is 0 Å². The Morgan fingerprint density at radius 1 is 1.17 bits per heavy atom. The van der Waals surface area contributed by atoms with Crippen molar-refractivity contribution in [2.24, 2.45) is 0 Å². The van der Waals surface area contributed by atoms with Crippen molar-refractivity contribution in [3.63, 3.8) is 0 Å². The van der Waals surface area contributed by atoms with E-state index in [1.54, 1.807) is 25.3 Å². The fraction of sp³-hybridized carbons (Fsp3) is 0.167. The minimum atomic E-state index is 0.0182. The number of benzene rings is 1. The van der Waals surface area contributed by atoms with E-state index < -0.39 is 0 Å². The van der Waals surface area contributed by atoms with Crippen LogP contribution in [0.3, 0.4) is 0 Å². The van der Waals surface area contributed by atoms with Crippen molar-refractivity contribution in [1.82, 2.24) is 9.97 Å². The third-order valence-corrected chi connectivity index (χ3v) is 3.40. The van der Waals surface area contributed by atoms with Crippen LogP contribution in [0.1, 0.15) is 28.7 Å². The first kappa shape index (κ1) is 15.7. The monoisotopic (exact) mass is 322 g/mol. The van der Waals surface area contributed by atoms with Gasteiger partial charge in [0.25, 0.3) is 0 Å². The van der Waals surface area contributed by atoms with Gasteiger partial charge in [-0.05, 0) is 38.1 Å². The molecule has 3 aromatic rings. The quantitative estimate of drug-likeness (QED) is 0.669. The second kappa shape index (κ2) is 6.95. The lowest BCUT2D eigenvalue weighted by atomic mass is 10.1. The summed E-state index contributed by atoms with van der Waals surface area (Å²) in [5.74, 6) is 2.02. The SMILES string of the molecule is CC(=O)c1cccc(Nc2nc(C)cc(NCc3ccco3)n2)c1. The van der Waals surface area contributed by atoms with E-state index in [4.69, 9.17) is 4.42 Å². The summed E-state index contributed by atoms with van der Waals surface area (Å²) in [4.78, 5) is 20.3. The number of hydrogen-bond donors (Lipinski definition) is 2. The molecule has 0 aliphatic rings. The van der Waals surface area contributed by atoms with Crippen LogP contribution in [0.25, 0.3) is 0 Å². The molecule has 2 N–H and O–H groups in total. The first-order valence-electron chi connectivity index (χ1n) is 7.60. The van der Waals surface area contributed by atoms with Gasteiger partial charge in [0.15, 0.2) is 5.78 Å². The molecule has 3 rings (SSSR count). The Balaban J connectivity index is 1.76. The van der Waals surface area contributed by atoms with Gasteiger partial charge in [-0.15, -0.1) is 0 Å². The molecule has 0 fully saturated rings. The molecule has 6 heteroatoms. The van der Waals surface area contributed by atoms with E-state index in [1.807, 2.05) is 37.3 Å². The van der Waals surface area contributed by atoms with Crippen molar-refractivity contribution in [1.29, 1.82) is 0 Å². The van der Waals surface area contributed by atoms with Crippen LogP contribution in [-0.4, -0.2) is 15.8 Å². The van der Waals surface area contributed by atoms with Gasteiger partial charge in [0.05, 0.1) is 12.8 Å². The van der Waals surface area contributed by atoms with Crippen LogP contribution in [0.15, 0.2) is 53.1 Å². The van der Waals surface area contributed by atoms with Crippen molar-refractivity contribution in [2.75, 3.05) is 10.6 Å². The second-order valence-electron chi connectivity index (χ2n) is 5.41. The Bertz CT molecular complexity index is 844. The van der Waals surface area contributed by atoms with Crippen molar-refractivity contribution < 1.29 is 9.21 Å². The van der Waals surface area contributed by atoms with Gasteiger partial charge in [-0.3, -0.25) is 4.79 Å². The average Bonchev–Trinajstić information content (AvgIpc) is 3.06. The van der Waals surface area contributed by atoms with E-state index in [-0.39, 0.29) is 5.78 Å². The minimum absolute atomic E-state index is 0.0182. The van der Waals surface area contributed by atoms with Crippen LogP contribution in [0.4, 0.5) is 17.5 Å². The zero-order valence-corrected chi connectivity index (χ0v) is 13.5. The van der Waals surface area contributed by atoms with Gasteiger partial charge in [-0.2, -0.15) is 4.98 Å². The fourth-order valence-electron chi connectivity index (χ4n) is 2.25. The van der Waals surface area contributed by atoms with E-state index in [1.165, 1.54) is 0 Å². The molecule has 0 bridgehead atoms. The topological polar surface area (TPSA) is 80.0 Å². The summed E-state index contributed by atoms with van der Waals surface area (Å²) in [6.07, 6.45) is 1.64. The summed E-state index contributed by atoms with van der Waals surface area (Å²) >= 11 is 0. The Kier molecular flexibility index (Phi) is 4.56. The molecule has 0 saturated carbocycles. The highest BCUT2D eigenvalue weighted by atomic mass is 16.3. The van der Waals surface area contributed by atoms with Gasteiger partial charge in [0.2, 0.25) is 5.95 Å². The first-order valence-corrected chi connectivity index (χ1v) is 7.60. The molecule has 0 amide bonds. The summed E-state index contributed by atoms with van der Waals surface area (Å²) in [6, 6.07) is 12.9. The number of carbonyl (C=O) groups is 1. The zero-order valence-electron chi connectivity index (χ0n) is 13.5. The normalized spacial score (nSPS) is 10.4. The van der Waals surface area contributed by atoms with E-state index in [0.717, 1.165) is 17.1 Å². The molecule has 1 aromatic carbocycles. The predicted molar refractivity (Wildman–Crippen MR) is 92.5 cm³/mol. The number of ketones is 1. The summed E-state index contributed by atoms with van der Waals surface area (Å²) in [5, 5.41) is 6.34. The van der Waals surface area contributed by atoms with Gasteiger partial charge in [-0.1, -0.05) is 12.1 Å². The minimum Gasteiger partial charge on any atom is -0.467 e. The number of furan rings is 1. The number of aromatic nitrogens is 2. The van der Waals surface area contributed by atoms with Crippen LogP contribution >= 0.6 is 0 Å². The maximum Gasteiger partial charge on any atom is 0.229 e. The number of hydrogen-bond acceptors (Lipinski definition) is 6.